The number of aromatic nitrogens is 2. The fourth-order valence-corrected chi connectivity index (χ4v) is 7.96. The molecule has 7 rings (SSSR count). The molecule has 192 valence electrons. The highest BCUT2D eigenvalue weighted by molar-refractivity contribution is 6.12. The zero-order valence-corrected chi connectivity index (χ0v) is 21.7. The Morgan fingerprint density at radius 1 is 1.05 bits per heavy atom. The van der Waals surface area contributed by atoms with Crippen molar-refractivity contribution in [2.45, 2.75) is 58.3 Å². The molecule has 1 heterocycles. The fraction of sp³-hybridized carbons (Fsp3) is 0.452. The normalized spacial score (nSPS) is 25.7. The van der Waals surface area contributed by atoms with Gasteiger partial charge in [0.25, 0.3) is 5.91 Å². The Bertz CT molecular complexity index is 1290. The van der Waals surface area contributed by atoms with Crippen molar-refractivity contribution in [3.05, 3.63) is 71.2 Å². The lowest BCUT2D eigenvalue weighted by Crippen LogP contribution is -2.46. The number of ether oxygens (including phenoxy) is 1. The molecule has 6 nitrogen and oxygen atoms in total. The van der Waals surface area contributed by atoms with Crippen LogP contribution in [0, 0.1) is 30.1 Å². The Morgan fingerprint density at radius 3 is 2.35 bits per heavy atom. The standard InChI is InChI=1S/C31H35N3O3/c1-19-5-3-4-6-24(19)28-25(29(35)34-27-17-32-18-33-27)12-20(13-26(28)30(36)37-2)7-8-31-14-21-9-22(15-31)11-23(10-21)16-31/h3-6,12-13,17-18,21-23H,7-11,14-16H2,1-2H3,(H,32,33)(H,34,35). The molecule has 4 aliphatic carbocycles. The molecule has 1 amide bonds. The number of carbonyl (C=O) groups is 2. The van der Waals surface area contributed by atoms with E-state index in [1.165, 1.54) is 52.0 Å². The molecule has 0 aliphatic heterocycles. The number of anilines is 1. The van der Waals surface area contributed by atoms with E-state index < -0.39 is 5.97 Å². The fourth-order valence-electron chi connectivity index (χ4n) is 7.96. The molecule has 0 atom stereocenters. The number of rotatable bonds is 7. The van der Waals surface area contributed by atoms with Crippen LogP contribution in [0.5, 0.6) is 0 Å². The van der Waals surface area contributed by atoms with Crippen LogP contribution in [0.15, 0.2) is 48.9 Å². The first kappa shape index (κ1) is 24.0. The first-order valence-electron chi connectivity index (χ1n) is 13.5. The average molecular weight is 498 g/mol. The van der Waals surface area contributed by atoms with Gasteiger partial charge in [0.05, 0.1) is 25.2 Å². The second-order valence-electron chi connectivity index (χ2n) is 11.7. The Labute approximate surface area is 218 Å². The summed E-state index contributed by atoms with van der Waals surface area (Å²) in [5, 5.41) is 2.92. The summed E-state index contributed by atoms with van der Waals surface area (Å²) in [6, 6.07) is 11.8. The number of methoxy groups -OCH3 is 1. The third-order valence-electron chi connectivity index (χ3n) is 9.12. The largest absolute Gasteiger partial charge is 0.465 e. The number of H-pyrrole nitrogens is 1. The van der Waals surface area contributed by atoms with Crippen LogP contribution in [-0.2, 0) is 11.2 Å². The number of amides is 1. The molecule has 0 spiro atoms. The van der Waals surface area contributed by atoms with Gasteiger partial charge in [-0.25, -0.2) is 9.78 Å². The third-order valence-corrected chi connectivity index (χ3v) is 9.12. The van der Waals surface area contributed by atoms with Crippen LogP contribution >= 0.6 is 0 Å². The first-order valence-corrected chi connectivity index (χ1v) is 13.5. The minimum Gasteiger partial charge on any atom is -0.465 e. The van der Waals surface area contributed by atoms with Gasteiger partial charge in [-0.1, -0.05) is 24.3 Å². The van der Waals surface area contributed by atoms with E-state index in [9.17, 15) is 9.59 Å². The summed E-state index contributed by atoms with van der Waals surface area (Å²) in [7, 11) is 1.40. The van der Waals surface area contributed by atoms with Crippen molar-refractivity contribution in [2.24, 2.45) is 23.2 Å². The molecule has 3 aromatic rings. The van der Waals surface area contributed by atoms with Crippen molar-refractivity contribution in [3.8, 4) is 11.1 Å². The number of hydrogen-bond acceptors (Lipinski definition) is 4. The van der Waals surface area contributed by atoms with Crippen molar-refractivity contribution in [1.29, 1.82) is 0 Å². The van der Waals surface area contributed by atoms with Gasteiger partial charge in [-0.2, -0.15) is 0 Å². The lowest BCUT2D eigenvalue weighted by atomic mass is 9.48. The van der Waals surface area contributed by atoms with Crippen LogP contribution < -0.4 is 5.32 Å². The lowest BCUT2D eigenvalue weighted by molar-refractivity contribution is -0.0569. The molecule has 0 unspecified atom stereocenters. The number of aromatic amines is 1. The van der Waals surface area contributed by atoms with Gasteiger partial charge in [-0.3, -0.25) is 4.79 Å². The topological polar surface area (TPSA) is 84.1 Å². The van der Waals surface area contributed by atoms with Gasteiger partial charge in [0.1, 0.15) is 5.82 Å². The highest BCUT2D eigenvalue weighted by Gasteiger charge is 2.50. The molecule has 2 N–H and O–H groups in total. The number of carbonyl (C=O) groups excluding carboxylic acids is 2. The molecule has 4 fully saturated rings. The smallest absolute Gasteiger partial charge is 0.338 e. The SMILES string of the molecule is COC(=O)c1cc(CCC23CC4CC(CC(C4)C2)C3)cc(C(=O)Nc2cnc[nH]2)c1-c1ccccc1C. The number of hydrogen-bond donors (Lipinski definition) is 2. The van der Waals surface area contributed by atoms with Gasteiger partial charge in [0, 0.05) is 11.1 Å². The van der Waals surface area contributed by atoms with Gasteiger partial charge in [0.2, 0.25) is 0 Å². The summed E-state index contributed by atoms with van der Waals surface area (Å²) in [4.78, 5) is 33.7. The maximum atomic E-state index is 13.6. The summed E-state index contributed by atoms with van der Waals surface area (Å²) in [5.74, 6) is 2.51. The molecular weight excluding hydrogens is 462 g/mol. The van der Waals surface area contributed by atoms with Gasteiger partial charge in [-0.05, 0) is 110 Å². The van der Waals surface area contributed by atoms with Crippen LogP contribution in [0.1, 0.15) is 76.8 Å². The predicted molar refractivity (Wildman–Crippen MR) is 143 cm³/mol. The van der Waals surface area contributed by atoms with E-state index in [0.717, 1.165) is 47.3 Å². The second-order valence-corrected chi connectivity index (χ2v) is 11.7. The van der Waals surface area contributed by atoms with E-state index in [2.05, 4.69) is 15.3 Å². The summed E-state index contributed by atoms with van der Waals surface area (Å²) < 4.78 is 5.23. The van der Waals surface area contributed by atoms with Gasteiger partial charge < -0.3 is 15.0 Å². The van der Waals surface area contributed by atoms with E-state index in [1.54, 1.807) is 6.20 Å². The molecule has 0 saturated heterocycles. The molecule has 4 aliphatic rings. The van der Waals surface area contributed by atoms with E-state index in [1.807, 2.05) is 43.3 Å². The average Bonchev–Trinajstić information content (AvgIpc) is 3.39. The van der Waals surface area contributed by atoms with E-state index in [0.29, 0.717) is 27.9 Å². The highest BCUT2D eigenvalue weighted by Crippen LogP contribution is 2.61. The summed E-state index contributed by atoms with van der Waals surface area (Å²) in [6.45, 7) is 1.99. The minimum absolute atomic E-state index is 0.274. The molecule has 2 aromatic carbocycles. The number of esters is 1. The van der Waals surface area contributed by atoms with Crippen LogP contribution in [0.4, 0.5) is 5.82 Å². The quantitative estimate of drug-likeness (QED) is 0.362. The number of benzene rings is 2. The van der Waals surface area contributed by atoms with Crippen molar-refractivity contribution in [3.63, 3.8) is 0 Å². The Morgan fingerprint density at radius 2 is 1.73 bits per heavy atom. The van der Waals surface area contributed by atoms with E-state index in [4.69, 9.17) is 4.74 Å². The molecule has 0 radical (unpaired) electrons. The van der Waals surface area contributed by atoms with Gasteiger partial charge in [0.15, 0.2) is 0 Å². The van der Waals surface area contributed by atoms with Crippen molar-refractivity contribution in [1.82, 2.24) is 9.97 Å². The molecule has 4 saturated carbocycles. The number of nitrogens with zero attached hydrogens (tertiary/aromatic N) is 1. The van der Waals surface area contributed by atoms with Crippen LogP contribution in [0.3, 0.4) is 0 Å². The zero-order chi connectivity index (χ0) is 25.6. The Kier molecular flexibility index (Phi) is 6.13. The molecule has 1 aromatic heterocycles. The summed E-state index contributed by atoms with van der Waals surface area (Å²) >= 11 is 0. The first-order chi connectivity index (χ1) is 17.9. The van der Waals surface area contributed by atoms with Crippen LogP contribution in [0.2, 0.25) is 0 Å². The Balaban J connectivity index is 1.40. The van der Waals surface area contributed by atoms with Crippen LogP contribution in [0.25, 0.3) is 11.1 Å². The minimum atomic E-state index is -0.425. The lowest BCUT2D eigenvalue weighted by Gasteiger charge is -2.57. The monoisotopic (exact) mass is 497 g/mol. The van der Waals surface area contributed by atoms with Crippen molar-refractivity contribution < 1.29 is 14.3 Å². The Hall–Kier alpha value is -3.41. The highest BCUT2D eigenvalue weighted by atomic mass is 16.5. The maximum absolute atomic E-state index is 13.6. The maximum Gasteiger partial charge on any atom is 0.338 e. The molecule has 37 heavy (non-hydrogen) atoms. The predicted octanol–water partition coefficient (Wildman–Crippen LogP) is 6.57. The second kappa shape index (κ2) is 9.47. The molecule has 4 bridgehead atoms. The third kappa shape index (κ3) is 4.58. The van der Waals surface area contributed by atoms with Crippen molar-refractivity contribution >= 4 is 17.7 Å². The van der Waals surface area contributed by atoms with Gasteiger partial charge >= 0.3 is 5.97 Å². The van der Waals surface area contributed by atoms with Gasteiger partial charge in [-0.15, -0.1) is 0 Å². The number of aryl methyl sites for hydroxylation is 2. The summed E-state index contributed by atoms with van der Waals surface area (Å²) in [6.07, 6.45) is 13.4. The van der Waals surface area contributed by atoms with E-state index >= 15 is 0 Å². The molecule has 6 heteroatoms. The summed E-state index contributed by atoms with van der Waals surface area (Å²) in [5.41, 5.74) is 4.81. The number of imidazole rings is 1. The van der Waals surface area contributed by atoms with Crippen molar-refractivity contribution in [2.75, 3.05) is 12.4 Å². The zero-order valence-electron chi connectivity index (χ0n) is 21.7. The number of nitrogens with one attached hydrogen (secondary N) is 2. The van der Waals surface area contributed by atoms with Crippen LogP contribution in [-0.4, -0.2) is 29.0 Å². The molecular formula is C31H35N3O3. The van der Waals surface area contributed by atoms with E-state index in [-0.39, 0.29) is 5.91 Å².